The number of rotatable bonds is 5. The van der Waals surface area contributed by atoms with E-state index >= 15 is 0 Å². The maximum atomic E-state index is 12.6. The molecule has 2 atom stereocenters. The van der Waals surface area contributed by atoms with E-state index in [1.807, 2.05) is 31.2 Å². The summed E-state index contributed by atoms with van der Waals surface area (Å²) in [6, 6.07) is 14.1. The highest BCUT2D eigenvalue weighted by molar-refractivity contribution is 6.05. The van der Waals surface area contributed by atoms with Crippen LogP contribution in [0.5, 0.6) is 0 Å². The Bertz CT molecular complexity index is 894. The number of carboxylic acids is 1. The van der Waals surface area contributed by atoms with Gasteiger partial charge in [0.1, 0.15) is 0 Å². The number of para-hydroxylation sites is 1. The number of carboxylic acid groups (broad SMARTS) is 1. The average molecular weight is 380 g/mol. The van der Waals surface area contributed by atoms with Gasteiger partial charge in [0.15, 0.2) is 0 Å². The molecule has 1 saturated carbocycles. The Kier molecular flexibility index (Phi) is 6.09. The molecule has 28 heavy (non-hydrogen) atoms. The lowest BCUT2D eigenvalue weighted by Gasteiger charge is -2.27. The molecule has 1 aliphatic carbocycles. The van der Waals surface area contributed by atoms with Crippen LogP contribution in [0.2, 0.25) is 0 Å². The second-order valence-corrected chi connectivity index (χ2v) is 7.17. The predicted octanol–water partition coefficient (Wildman–Crippen LogP) is 4.08. The molecular weight excluding hydrogens is 356 g/mol. The molecule has 0 bridgehead atoms. The zero-order chi connectivity index (χ0) is 20.1. The number of carbonyl (C=O) groups is 3. The first kappa shape index (κ1) is 19.6. The fourth-order valence-electron chi connectivity index (χ4n) is 3.62. The maximum absolute atomic E-state index is 12.6. The number of carbonyl (C=O) groups excluding carboxylic acids is 2. The van der Waals surface area contributed by atoms with Crippen LogP contribution in [-0.4, -0.2) is 22.9 Å². The van der Waals surface area contributed by atoms with Crippen molar-refractivity contribution >= 4 is 29.2 Å². The largest absolute Gasteiger partial charge is 0.481 e. The standard InChI is InChI=1S/C22H24N2O4/c1-14-7-2-5-12-19(14)24-20(25)15-8-6-9-16(13-15)23-21(26)17-10-3-4-11-18(17)22(27)28/h2,5-9,12-13,17-18H,3-4,10-11H2,1H3,(H,23,26)(H,24,25)(H,27,28)/t17-,18+/m1/s1. The van der Waals surface area contributed by atoms with Gasteiger partial charge in [0.25, 0.3) is 5.91 Å². The van der Waals surface area contributed by atoms with Crippen LogP contribution in [0.15, 0.2) is 48.5 Å². The van der Waals surface area contributed by atoms with Crippen molar-refractivity contribution in [3.63, 3.8) is 0 Å². The van der Waals surface area contributed by atoms with Crippen LogP contribution >= 0.6 is 0 Å². The summed E-state index contributed by atoms with van der Waals surface area (Å²) < 4.78 is 0. The molecule has 0 heterocycles. The van der Waals surface area contributed by atoms with Gasteiger partial charge in [-0.3, -0.25) is 14.4 Å². The van der Waals surface area contributed by atoms with Crippen molar-refractivity contribution in [2.75, 3.05) is 10.6 Å². The topological polar surface area (TPSA) is 95.5 Å². The molecule has 0 unspecified atom stereocenters. The third-order valence-electron chi connectivity index (χ3n) is 5.21. The number of hydrogen-bond donors (Lipinski definition) is 3. The number of aryl methyl sites for hydroxylation is 1. The Morgan fingerprint density at radius 2 is 1.64 bits per heavy atom. The molecule has 0 saturated heterocycles. The molecule has 2 aromatic rings. The highest BCUT2D eigenvalue weighted by atomic mass is 16.4. The Labute approximate surface area is 164 Å². The molecule has 6 nitrogen and oxygen atoms in total. The summed E-state index contributed by atoms with van der Waals surface area (Å²) >= 11 is 0. The molecule has 1 aliphatic rings. The molecule has 0 aromatic heterocycles. The van der Waals surface area contributed by atoms with Crippen LogP contribution in [0, 0.1) is 18.8 Å². The number of hydrogen-bond acceptors (Lipinski definition) is 3. The summed E-state index contributed by atoms with van der Waals surface area (Å²) in [5, 5.41) is 15.0. The van der Waals surface area contributed by atoms with E-state index in [4.69, 9.17) is 0 Å². The van der Waals surface area contributed by atoms with Gasteiger partial charge in [0, 0.05) is 16.9 Å². The van der Waals surface area contributed by atoms with Crippen LogP contribution in [0.25, 0.3) is 0 Å². The van der Waals surface area contributed by atoms with Gasteiger partial charge >= 0.3 is 5.97 Å². The summed E-state index contributed by atoms with van der Waals surface area (Å²) in [6.45, 7) is 1.91. The molecule has 2 amide bonds. The molecule has 6 heteroatoms. The molecule has 146 valence electrons. The highest BCUT2D eigenvalue weighted by Gasteiger charge is 2.35. The summed E-state index contributed by atoms with van der Waals surface area (Å²) in [5.41, 5.74) is 2.59. The number of amides is 2. The summed E-state index contributed by atoms with van der Waals surface area (Å²) in [4.78, 5) is 36.6. The van der Waals surface area contributed by atoms with Gasteiger partial charge in [0.2, 0.25) is 5.91 Å². The van der Waals surface area contributed by atoms with E-state index < -0.39 is 17.8 Å². The van der Waals surface area contributed by atoms with Gasteiger partial charge in [0.05, 0.1) is 11.8 Å². The predicted molar refractivity (Wildman–Crippen MR) is 107 cm³/mol. The quantitative estimate of drug-likeness (QED) is 0.728. The van der Waals surface area contributed by atoms with Crippen LogP contribution in [0.3, 0.4) is 0 Å². The normalized spacial score (nSPS) is 18.9. The maximum Gasteiger partial charge on any atom is 0.307 e. The van der Waals surface area contributed by atoms with Crippen molar-refractivity contribution in [3.8, 4) is 0 Å². The Hall–Kier alpha value is -3.15. The van der Waals surface area contributed by atoms with Crippen LogP contribution in [0.1, 0.15) is 41.6 Å². The lowest BCUT2D eigenvalue weighted by Crippen LogP contribution is -2.36. The smallest absolute Gasteiger partial charge is 0.307 e. The SMILES string of the molecule is Cc1ccccc1NC(=O)c1cccc(NC(=O)[C@@H]2CCCC[C@@H]2C(=O)O)c1. The van der Waals surface area contributed by atoms with E-state index in [2.05, 4.69) is 10.6 Å². The molecule has 3 N–H and O–H groups in total. The third-order valence-corrected chi connectivity index (χ3v) is 5.21. The Balaban J connectivity index is 1.70. The second-order valence-electron chi connectivity index (χ2n) is 7.17. The Morgan fingerprint density at radius 1 is 0.929 bits per heavy atom. The van der Waals surface area contributed by atoms with Gasteiger partial charge in [-0.15, -0.1) is 0 Å². The van der Waals surface area contributed by atoms with Gasteiger partial charge in [-0.1, -0.05) is 37.1 Å². The van der Waals surface area contributed by atoms with E-state index in [0.29, 0.717) is 24.1 Å². The lowest BCUT2D eigenvalue weighted by atomic mass is 9.78. The lowest BCUT2D eigenvalue weighted by molar-refractivity contribution is -0.147. The highest BCUT2D eigenvalue weighted by Crippen LogP contribution is 2.31. The van der Waals surface area contributed by atoms with Crippen molar-refractivity contribution in [1.29, 1.82) is 0 Å². The first-order valence-electron chi connectivity index (χ1n) is 9.46. The summed E-state index contributed by atoms with van der Waals surface area (Å²) in [5.74, 6) is -2.70. The average Bonchev–Trinajstić information content (AvgIpc) is 2.70. The Morgan fingerprint density at radius 3 is 2.36 bits per heavy atom. The monoisotopic (exact) mass is 380 g/mol. The fourth-order valence-corrected chi connectivity index (χ4v) is 3.62. The van der Waals surface area contributed by atoms with Crippen molar-refractivity contribution in [2.24, 2.45) is 11.8 Å². The van der Waals surface area contributed by atoms with E-state index in [0.717, 1.165) is 24.1 Å². The van der Waals surface area contributed by atoms with Gasteiger partial charge in [-0.2, -0.15) is 0 Å². The first-order chi connectivity index (χ1) is 13.5. The van der Waals surface area contributed by atoms with Crippen LogP contribution in [0.4, 0.5) is 11.4 Å². The van der Waals surface area contributed by atoms with E-state index in [1.165, 1.54) is 0 Å². The van der Waals surface area contributed by atoms with Crippen molar-refractivity contribution < 1.29 is 19.5 Å². The van der Waals surface area contributed by atoms with Gasteiger partial charge in [-0.05, 0) is 49.6 Å². The third kappa shape index (κ3) is 4.57. The van der Waals surface area contributed by atoms with Crippen molar-refractivity contribution in [3.05, 3.63) is 59.7 Å². The number of aliphatic carboxylic acids is 1. The van der Waals surface area contributed by atoms with Crippen molar-refractivity contribution in [2.45, 2.75) is 32.6 Å². The van der Waals surface area contributed by atoms with Gasteiger partial charge < -0.3 is 15.7 Å². The molecule has 3 rings (SSSR count). The zero-order valence-electron chi connectivity index (χ0n) is 15.8. The minimum absolute atomic E-state index is 0.272. The van der Waals surface area contributed by atoms with Gasteiger partial charge in [-0.25, -0.2) is 0 Å². The molecule has 2 aromatic carbocycles. The minimum Gasteiger partial charge on any atom is -0.481 e. The van der Waals surface area contributed by atoms with E-state index in [-0.39, 0.29) is 11.8 Å². The molecule has 0 aliphatic heterocycles. The first-order valence-corrected chi connectivity index (χ1v) is 9.46. The van der Waals surface area contributed by atoms with Crippen LogP contribution in [-0.2, 0) is 9.59 Å². The number of benzene rings is 2. The molecule has 1 fully saturated rings. The number of nitrogens with one attached hydrogen (secondary N) is 2. The minimum atomic E-state index is -0.925. The summed E-state index contributed by atoms with van der Waals surface area (Å²) in [6.07, 6.45) is 2.76. The summed E-state index contributed by atoms with van der Waals surface area (Å²) in [7, 11) is 0. The molecule has 0 spiro atoms. The van der Waals surface area contributed by atoms with Crippen molar-refractivity contribution in [1.82, 2.24) is 0 Å². The van der Waals surface area contributed by atoms with E-state index in [1.54, 1.807) is 24.3 Å². The number of anilines is 2. The molecule has 0 radical (unpaired) electrons. The zero-order valence-corrected chi connectivity index (χ0v) is 15.8. The fraction of sp³-hybridized carbons (Fsp3) is 0.318. The van der Waals surface area contributed by atoms with E-state index in [9.17, 15) is 19.5 Å². The molecular formula is C22H24N2O4. The second kappa shape index (κ2) is 8.69. The van der Waals surface area contributed by atoms with Crippen LogP contribution < -0.4 is 10.6 Å².